The molecule has 2 N–H and O–H groups in total. The third-order valence-electron chi connectivity index (χ3n) is 2.10. The van der Waals surface area contributed by atoms with E-state index in [2.05, 4.69) is 0 Å². The van der Waals surface area contributed by atoms with Crippen molar-refractivity contribution >= 4 is 0 Å². The second kappa shape index (κ2) is 7.23. The Labute approximate surface area is 91.2 Å². The van der Waals surface area contributed by atoms with Crippen LogP contribution in [0.5, 0.6) is 5.75 Å². The van der Waals surface area contributed by atoms with Crippen LogP contribution in [0.25, 0.3) is 0 Å². The zero-order valence-electron chi connectivity index (χ0n) is 9.93. The summed E-state index contributed by atoms with van der Waals surface area (Å²) in [7, 11) is 1.46. The fourth-order valence-electron chi connectivity index (χ4n) is 1.37. The highest BCUT2D eigenvalue weighted by molar-refractivity contribution is 5.37. The number of methoxy groups -OCH3 is 1. The molecule has 0 aliphatic rings. The van der Waals surface area contributed by atoms with Crippen molar-refractivity contribution in [3.05, 3.63) is 29.1 Å². The first-order chi connectivity index (χ1) is 7.24. The standard InChI is InChI=1S/C10H14FNO.C2H6/c1-3-8-7(6-12)4-5-9(13-2)10(8)11;1-2/h4-5H,3,6,12H2,1-2H3;1-2H3. The van der Waals surface area contributed by atoms with E-state index in [-0.39, 0.29) is 11.6 Å². The predicted octanol–water partition coefficient (Wildman–Crippen LogP) is 2.88. The van der Waals surface area contributed by atoms with E-state index in [4.69, 9.17) is 10.5 Å². The van der Waals surface area contributed by atoms with E-state index in [1.54, 1.807) is 12.1 Å². The zero-order valence-corrected chi connectivity index (χ0v) is 9.93. The topological polar surface area (TPSA) is 35.2 Å². The number of benzene rings is 1. The minimum Gasteiger partial charge on any atom is -0.494 e. The summed E-state index contributed by atoms with van der Waals surface area (Å²) < 4.78 is 18.4. The lowest BCUT2D eigenvalue weighted by Crippen LogP contribution is -2.04. The van der Waals surface area contributed by atoms with E-state index >= 15 is 0 Å². The average Bonchev–Trinajstić information content (AvgIpc) is 2.31. The van der Waals surface area contributed by atoms with Gasteiger partial charge in [-0.1, -0.05) is 26.8 Å². The second-order valence-electron chi connectivity index (χ2n) is 2.78. The highest BCUT2D eigenvalue weighted by Gasteiger charge is 2.10. The maximum Gasteiger partial charge on any atom is 0.168 e. The molecule has 0 atom stereocenters. The monoisotopic (exact) mass is 213 g/mol. The molecular formula is C12H20FNO. The number of hydrogen-bond acceptors (Lipinski definition) is 2. The molecule has 1 rings (SSSR count). The van der Waals surface area contributed by atoms with E-state index < -0.39 is 0 Å². The summed E-state index contributed by atoms with van der Waals surface area (Å²) in [6, 6.07) is 3.41. The third-order valence-corrected chi connectivity index (χ3v) is 2.10. The van der Waals surface area contributed by atoms with E-state index in [1.807, 2.05) is 20.8 Å². The molecule has 1 aromatic carbocycles. The van der Waals surface area contributed by atoms with Crippen molar-refractivity contribution < 1.29 is 9.13 Å². The smallest absolute Gasteiger partial charge is 0.168 e. The van der Waals surface area contributed by atoms with Gasteiger partial charge in [-0.15, -0.1) is 0 Å². The van der Waals surface area contributed by atoms with Crippen molar-refractivity contribution in [2.75, 3.05) is 7.11 Å². The van der Waals surface area contributed by atoms with Crippen molar-refractivity contribution in [1.82, 2.24) is 0 Å². The van der Waals surface area contributed by atoms with Gasteiger partial charge in [-0.25, -0.2) is 4.39 Å². The Morgan fingerprint density at radius 3 is 2.33 bits per heavy atom. The number of nitrogens with two attached hydrogens (primary N) is 1. The van der Waals surface area contributed by atoms with Gasteiger partial charge in [0.1, 0.15) is 0 Å². The Hall–Kier alpha value is -1.09. The fraction of sp³-hybridized carbons (Fsp3) is 0.500. The van der Waals surface area contributed by atoms with Gasteiger partial charge in [-0.2, -0.15) is 0 Å². The first kappa shape index (κ1) is 13.9. The van der Waals surface area contributed by atoms with Crippen LogP contribution in [0, 0.1) is 5.82 Å². The second-order valence-corrected chi connectivity index (χ2v) is 2.78. The lowest BCUT2D eigenvalue weighted by atomic mass is 10.0. The summed E-state index contributed by atoms with van der Waals surface area (Å²) in [4.78, 5) is 0. The Morgan fingerprint density at radius 1 is 1.33 bits per heavy atom. The van der Waals surface area contributed by atoms with Crippen molar-refractivity contribution in [2.45, 2.75) is 33.7 Å². The maximum absolute atomic E-state index is 13.5. The molecule has 0 saturated carbocycles. The number of rotatable bonds is 3. The molecule has 0 aliphatic heterocycles. The Morgan fingerprint density at radius 2 is 1.93 bits per heavy atom. The third kappa shape index (κ3) is 3.20. The van der Waals surface area contributed by atoms with Crippen LogP contribution < -0.4 is 10.5 Å². The van der Waals surface area contributed by atoms with Crippen LogP contribution >= 0.6 is 0 Å². The number of hydrogen-bond donors (Lipinski definition) is 1. The molecule has 1 aromatic rings. The van der Waals surface area contributed by atoms with Crippen molar-refractivity contribution in [2.24, 2.45) is 5.73 Å². The molecule has 0 aromatic heterocycles. The highest BCUT2D eigenvalue weighted by Crippen LogP contribution is 2.23. The van der Waals surface area contributed by atoms with Gasteiger partial charge in [0.2, 0.25) is 0 Å². The van der Waals surface area contributed by atoms with E-state index in [1.165, 1.54) is 7.11 Å². The van der Waals surface area contributed by atoms with Crippen LogP contribution in [0.1, 0.15) is 31.9 Å². The molecule has 0 bridgehead atoms. The van der Waals surface area contributed by atoms with E-state index in [9.17, 15) is 4.39 Å². The largest absolute Gasteiger partial charge is 0.494 e. The summed E-state index contributed by atoms with van der Waals surface area (Å²) >= 11 is 0. The Bertz CT molecular complexity index is 300. The van der Waals surface area contributed by atoms with Crippen LogP contribution in [-0.4, -0.2) is 7.11 Å². The predicted molar refractivity (Wildman–Crippen MR) is 61.6 cm³/mol. The molecule has 3 heteroatoms. The van der Waals surface area contributed by atoms with Crippen LogP contribution in [0.2, 0.25) is 0 Å². The van der Waals surface area contributed by atoms with Gasteiger partial charge in [0.15, 0.2) is 11.6 Å². The summed E-state index contributed by atoms with van der Waals surface area (Å²) in [5, 5.41) is 0. The minimum atomic E-state index is -0.284. The molecular weight excluding hydrogens is 193 g/mol. The van der Waals surface area contributed by atoms with Gasteiger partial charge < -0.3 is 10.5 Å². The van der Waals surface area contributed by atoms with E-state index in [0.29, 0.717) is 18.5 Å². The quantitative estimate of drug-likeness (QED) is 0.838. The van der Waals surface area contributed by atoms with Gasteiger partial charge in [0.25, 0.3) is 0 Å². The Balaban J connectivity index is 0.000000921. The van der Waals surface area contributed by atoms with Crippen molar-refractivity contribution in [3.63, 3.8) is 0 Å². The lowest BCUT2D eigenvalue weighted by Gasteiger charge is -2.10. The number of halogens is 1. The molecule has 86 valence electrons. The number of ether oxygens (including phenoxy) is 1. The molecule has 0 fully saturated rings. The molecule has 0 radical (unpaired) electrons. The summed E-state index contributed by atoms with van der Waals surface area (Å²) in [5.74, 6) is 0.00185. The molecule has 15 heavy (non-hydrogen) atoms. The van der Waals surface area contributed by atoms with Crippen molar-refractivity contribution in [1.29, 1.82) is 0 Å². The SMILES string of the molecule is CC.CCc1c(CN)ccc(OC)c1F. The molecule has 0 spiro atoms. The molecule has 2 nitrogen and oxygen atoms in total. The first-order valence-electron chi connectivity index (χ1n) is 5.28. The molecule has 0 amide bonds. The molecule has 0 heterocycles. The average molecular weight is 213 g/mol. The zero-order chi connectivity index (χ0) is 11.8. The molecule has 0 unspecified atom stereocenters. The van der Waals surface area contributed by atoms with Crippen molar-refractivity contribution in [3.8, 4) is 5.75 Å². The van der Waals surface area contributed by atoms with Gasteiger partial charge in [0.05, 0.1) is 7.11 Å². The van der Waals surface area contributed by atoms with E-state index in [0.717, 1.165) is 5.56 Å². The van der Waals surface area contributed by atoms with Crippen LogP contribution in [0.15, 0.2) is 12.1 Å². The molecule has 0 saturated heterocycles. The fourth-order valence-corrected chi connectivity index (χ4v) is 1.37. The van der Waals surface area contributed by atoms with Crippen LogP contribution in [0.4, 0.5) is 4.39 Å². The summed E-state index contributed by atoms with van der Waals surface area (Å²) in [6.07, 6.45) is 0.634. The van der Waals surface area contributed by atoms with Gasteiger partial charge in [-0.05, 0) is 23.6 Å². The van der Waals surface area contributed by atoms with Gasteiger partial charge in [0, 0.05) is 6.54 Å². The van der Waals surface area contributed by atoms with Gasteiger partial charge >= 0.3 is 0 Å². The van der Waals surface area contributed by atoms with Crippen LogP contribution in [-0.2, 0) is 13.0 Å². The maximum atomic E-state index is 13.5. The normalized spacial score (nSPS) is 9.20. The van der Waals surface area contributed by atoms with Crippen LogP contribution in [0.3, 0.4) is 0 Å². The first-order valence-corrected chi connectivity index (χ1v) is 5.28. The molecule has 0 aliphatic carbocycles. The lowest BCUT2D eigenvalue weighted by molar-refractivity contribution is 0.384. The highest BCUT2D eigenvalue weighted by atomic mass is 19.1. The minimum absolute atomic E-state index is 0.284. The summed E-state index contributed by atoms with van der Waals surface area (Å²) in [6.45, 7) is 6.26. The van der Waals surface area contributed by atoms with Gasteiger partial charge in [-0.3, -0.25) is 0 Å². The summed E-state index contributed by atoms with van der Waals surface area (Å²) in [5.41, 5.74) is 6.98. The Kier molecular flexibility index (Phi) is 6.71.